The average Bonchev–Trinajstić information content (AvgIpc) is 2.84. The molecule has 3 rings (SSSR count). The Bertz CT molecular complexity index is 788. The van der Waals surface area contributed by atoms with Crippen molar-refractivity contribution in [3.05, 3.63) is 40.2 Å². The van der Waals surface area contributed by atoms with Gasteiger partial charge in [-0.1, -0.05) is 0 Å². The van der Waals surface area contributed by atoms with Crippen LogP contribution >= 0.6 is 12.4 Å². The van der Waals surface area contributed by atoms with Gasteiger partial charge in [-0.2, -0.15) is 5.10 Å². The first-order valence-corrected chi connectivity index (χ1v) is 7.15. The van der Waals surface area contributed by atoms with Gasteiger partial charge in [0.1, 0.15) is 5.82 Å². The summed E-state index contributed by atoms with van der Waals surface area (Å²) in [5.74, 6) is 0.986. The van der Waals surface area contributed by atoms with Crippen molar-refractivity contribution in [1.29, 1.82) is 0 Å². The van der Waals surface area contributed by atoms with Crippen LogP contribution in [0.4, 0.5) is 4.79 Å². The van der Waals surface area contributed by atoms with Crippen LogP contribution in [0.3, 0.4) is 0 Å². The van der Waals surface area contributed by atoms with Crippen molar-refractivity contribution in [1.82, 2.24) is 19.3 Å². The van der Waals surface area contributed by atoms with E-state index in [0.29, 0.717) is 24.5 Å². The van der Waals surface area contributed by atoms with E-state index < -0.39 is 12.4 Å². The molecule has 0 spiro atoms. The monoisotopic (exact) mass is 356 g/mol. The summed E-state index contributed by atoms with van der Waals surface area (Å²) in [6, 6.07) is 3.48. The molecule has 0 fully saturated rings. The smallest absolute Gasteiger partial charge is 0.481 e. The summed E-state index contributed by atoms with van der Waals surface area (Å²) in [4.78, 5) is 27.3. The van der Waals surface area contributed by atoms with Crippen molar-refractivity contribution >= 4 is 18.6 Å². The van der Waals surface area contributed by atoms with Gasteiger partial charge in [-0.15, -0.1) is 12.4 Å². The second-order valence-electron chi connectivity index (χ2n) is 5.16. The molecule has 0 amide bonds. The normalized spacial score (nSPS) is 16.0. The number of rotatable bonds is 4. The summed E-state index contributed by atoms with van der Waals surface area (Å²) in [5.41, 5.74) is 0.423. The summed E-state index contributed by atoms with van der Waals surface area (Å²) >= 11 is 0. The Morgan fingerprint density at radius 3 is 3.00 bits per heavy atom. The van der Waals surface area contributed by atoms with Gasteiger partial charge in [0.15, 0.2) is 6.23 Å². The maximum absolute atomic E-state index is 12.5. The zero-order valence-electron chi connectivity index (χ0n) is 12.9. The highest BCUT2D eigenvalue weighted by atomic mass is 35.5. The lowest BCUT2D eigenvalue weighted by Crippen LogP contribution is -2.33. The molecule has 1 N–H and O–H groups in total. The fraction of sp³-hybridized carbons (Fsp3) is 0.429. The summed E-state index contributed by atoms with van der Waals surface area (Å²) < 4.78 is 12.5. The third-order valence-corrected chi connectivity index (χ3v) is 3.66. The van der Waals surface area contributed by atoms with Gasteiger partial charge in [-0.05, 0) is 18.1 Å². The summed E-state index contributed by atoms with van der Waals surface area (Å²) in [6.07, 6.45) is 1.17. The second-order valence-corrected chi connectivity index (χ2v) is 5.16. The highest BCUT2D eigenvalue weighted by Gasteiger charge is 2.28. The molecule has 0 bridgehead atoms. The van der Waals surface area contributed by atoms with Crippen molar-refractivity contribution in [3.8, 4) is 5.88 Å². The Morgan fingerprint density at radius 1 is 1.50 bits per heavy atom. The zero-order chi connectivity index (χ0) is 16.4. The maximum atomic E-state index is 12.5. The van der Waals surface area contributed by atoms with E-state index in [-0.39, 0.29) is 24.6 Å². The first kappa shape index (κ1) is 17.8. The minimum atomic E-state index is -1.40. The molecule has 0 radical (unpaired) electrons. The van der Waals surface area contributed by atoms with Crippen molar-refractivity contribution in [3.63, 3.8) is 0 Å². The standard InChI is InChI=1S/C14H16N4O5.ClH/c1-22-11-7-9(5-6-15-11)8-17-13(19)18-10(16-17)3-2-4-12(18)23-14(20)21;/h5-7,12H,2-4,8H2,1H3,(H,20,21);1H. The van der Waals surface area contributed by atoms with E-state index in [0.717, 1.165) is 12.0 Å². The SMILES string of the molecule is COc1cc(Cn2nc3n(c2=O)C(OC(=O)O)CCC3)ccn1.Cl. The molecule has 1 aliphatic heterocycles. The van der Waals surface area contributed by atoms with E-state index in [1.165, 1.54) is 16.4 Å². The Labute approximate surface area is 143 Å². The molecule has 0 saturated carbocycles. The van der Waals surface area contributed by atoms with Gasteiger partial charge in [0.05, 0.1) is 13.7 Å². The molecule has 2 aromatic heterocycles. The topological polar surface area (TPSA) is 108 Å². The van der Waals surface area contributed by atoms with Gasteiger partial charge in [0.2, 0.25) is 5.88 Å². The van der Waals surface area contributed by atoms with Gasteiger partial charge >= 0.3 is 11.8 Å². The minimum absolute atomic E-state index is 0. The number of fused-ring (bicyclic) bond motifs is 1. The first-order chi connectivity index (χ1) is 11.1. The van der Waals surface area contributed by atoms with Gasteiger partial charge in [0.25, 0.3) is 0 Å². The average molecular weight is 357 g/mol. The van der Waals surface area contributed by atoms with E-state index in [2.05, 4.69) is 10.1 Å². The predicted octanol–water partition coefficient (Wildman–Crippen LogP) is 1.45. The minimum Gasteiger partial charge on any atom is -0.481 e. The Balaban J connectivity index is 0.00000208. The highest BCUT2D eigenvalue weighted by Crippen LogP contribution is 2.23. The third-order valence-electron chi connectivity index (χ3n) is 3.66. The van der Waals surface area contributed by atoms with E-state index in [1.54, 1.807) is 18.3 Å². The Hall–Kier alpha value is -2.55. The van der Waals surface area contributed by atoms with E-state index >= 15 is 0 Å². The second kappa shape index (κ2) is 7.35. The van der Waals surface area contributed by atoms with E-state index in [4.69, 9.17) is 14.6 Å². The van der Waals surface area contributed by atoms with E-state index in [9.17, 15) is 9.59 Å². The summed E-state index contributed by atoms with van der Waals surface area (Å²) in [6.45, 7) is 0.248. The van der Waals surface area contributed by atoms with Gasteiger partial charge < -0.3 is 14.6 Å². The van der Waals surface area contributed by atoms with Gasteiger partial charge in [-0.3, -0.25) is 0 Å². The molecule has 0 aliphatic carbocycles. The number of carboxylic acid groups (broad SMARTS) is 1. The maximum Gasteiger partial charge on any atom is 0.507 e. The number of pyridine rings is 1. The molecule has 1 atom stereocenters. The molecule has 1 unspecified atom stereocenters. The van der Waals surface area contributed by atoms with Crippen LogP contribution in [-0.4, -0.2) is 37.7 Å². The van der Waals surface area contributed by atoms with Crippen LogP contribution in [0, 0.1) is 0 Å². The largest absolute Gasteiger partial charge is 0.507 e. The van der Waals surface area contributed by atoms with Crippen molar-refractivity contribution in [2.75, 3.05) is 7.11 Å². The molecule has 130 valence electrons. The molecule has 0 saturated heterocycles. The van der Waals surface area contributed by atoms with Gasteiger partial charge in [0, 0.05) is 25.1 Å². The summed E-state index contributed by atoms with van der Waals surface area (Å²) in [7, 11) is 1.52. The van der Waals surface area contributed by atoms with Crippen LogP contribution in [0.1, 0.15) is 30.5 Å². The fourth-order valence-corrected chi connectivity index (χ4v) is 2.65. The van der Waals surface area contributed by atoms with Crippen molar-refractivity contribution < 1.29 is 19.4 Å². The highest BCUT2D eigenvalue weighted by molar-refractivity contribution is 5.85. The lowest BCUT2D eigenvalue weighted by Gasteiger charge is -2.21. The molecular formula is C14H17ClN4O5. The molecule has 0 aromatic carbocycles. The van der Waals surface area contributed by atoms with Crippen molar-refractivity contribution in [2.45, 2.75) is 32.0 Å². The third kappa shape index (κ3) is 3.51. The van der Waals surface area contributed by atoms with Gasteiger partial charge in [-0.25, -0.2) is 23.8 Å². The zero-order valence-corrected chi connectivity index (χ0v) is 13.7. The lowest BCUT2D eigenvalue weighted by molar-refractivity contribution is 0.00392. The Kier molecular flexibility index (Phi) is 5.45. The number of carbonyl (C=O) groups is 1. The number of hydrogen-bond acceptors (Lipinski definition) is 6. The number of hydrogen-bond donors (Lipinski definition) is 1. The summed E-state index contributed by atoms with van der Waals surface area (Å²) in [5, 5.41) is 13.1. The van der Waals surface area contributed by atoms with Crippen LogP contribution in [0.15, 0.2) is 23.1 Å². The Morgan fingerprint density at radius 2 is 2.29 bits per heavy atom. The van der Waals surface area contributed by atoms with Crippen LogP contribution in [-0.2, 0) is 17.7 Å². The molecule has 1 aliphatic rings. The van der Waals surface area contributed by atoms with Crippen molar-refractivity contribution in [2.24, 2.45) is 0 Å². The van der Waals surface area contributed by atoms with Crippen LogP contribution in [0.2, 0.25) is 0 Å². The number of aromatic nitrogens is 4. The number of methoxy groups -OCH3 is 1. The van der Waals surface area contributed by atoms with Crippen LogP contribution < -0.4 is 10.4 Å². The molecule has 2 aromatic rings. The fourth-order valence-electron chi connectivity index (χ4n) is 2.65. The molecule has 9 nitrogen and oxygen atoms in total. The number of halogens is 1. The van der Waals surface area contributed by atoms with Crippen LogP contribution in [0.25, 0.3) is 0 Å². The molecular weight excluding hydrogens is 340 g/mol. The molecule has 3 heterocycles. The van der Waals surface area contributed by atoms with Crippen LogP contribution in [0.5, 0.6) is 5.88 Å². The number of nitrogens with zero attached hydrogens (tertiary/aromatic N) is 4. The molecule has 10 heteroatoms. The quantitative estimate of drug-likeness (QED) is 0.826. The first-order valence-electron chi connectivity index (χ1n) is 7.15. The lowest BCUT2D eigenvalue weighted by atomic mass is 10.1. The molecule has 24 heavy (non-hydrogen) atoms. The van der Waals surface area contributed by atoms with E-state index in [1.807, 2.05) is 0 Å². The predicted molar refractivity (Wildman–Crippen MR) is 84.7 cm³/mol. The number of ether oxygens (including phenoxy) is 2. The number of aryl methyl sites for hydroxylation is 1.